The lowest BCUT2D eigenvalue weighted by Gasteiger charge is -2.12. The molecule has 0 radical (unpaired) electrons. The summed E-state index contributed by atoms with van der Waals surface area (Å²) in [7, 11) is 3.81. The first-order chi connectivity index (χ1) is 16.7. The van der Waals surface area contributed by atoms with E-state index in [9.17, 15) is 24.3 Å². The zero-order valence-electron chi connectivity index (χ0n) is 20.4. The van der Waals surface area contributed by atoms with Gasteiger partial charge in [-0.1, -0.05) is 74.5 Å². The summed E-state index contributed by atoms with van der Waals surface area (Å²) in [5.41, 5.74) is -0.755. The Morgan fingerprint density at radius 3 is 1.29 bits per heavy atom. The summed E-state index contributed by atoms with van der Waals surface area (Å²) < 4.78 is 14.2. The van der Waals surface area contributed by atoms with Crippen LogP contribution in [0.4, 0.5) is 0 Å². The number of esters is 3. The smallest absolute Gasteiger partial charge is 0.324 e. The molecule has 2 aromatic rings. The topological polar surface area (TPSA) is 116 Å². The Balaban J connectivity index is 0.000000196. The van der Waals surface area contributed by atoms with Gasteiger partial charge in [0.25, 0.3) is 0 Å². The molecule has 0 heterocycles. The molecule has 1 N–H and O–H groups in total. The van der Waals surface area contributed by atoms with E-state index in [0.29, 0.717) is 0 Å². The second-order valence-corrected chi connectivity index (χ2v) is 8.87. The zero-order chi connectivity index (χ0) is 26.0. The largest absolute Gasteiger partial charge is 0.480 e. The van der Waals surface area contributed by atoms with Crippen LogP contribution in [0.3, 0.4) is 0 Å². The average Bonchev–Trinajstić information content (AvgIpc) is 3.73. The van der Waals surface area contributed by atoms with Crippen molar-refractivity contribution in [3.8, 4) is 0 Å². The summed E-state index contributed by atoms with van der Waals surface area (Å²) in [5.74, 6) is -3.62. The third-order valence-corrected chi connectivity index (χ3v) is 7.44. The van der Waals surface area contributed by atoms with Crippen molar-refractivity contribution in [2.24, 2.45) is 22.7 Å². The number of rotatable bonds is 6. The Morgan fingerprint density at radius 1 is 0.629 bits per heavy atom. The molecule has 0 bridgehead atoms. The molecule has 5 unspecified atom stereocenters. The van der Waals surface area contributed by atoms with Crippen molar-refractivity contribution >= 4 is 23.9 Å². The maximum atomic E-state index is 12.0. The van der Waals surface area contributed by atoms with Crippen molar-refractivity contribution < 1.29 is 38.5 Å². The summed E-state index contributed by atoms with van der Waals surface area (Å²) in [6.07, 6.45) is 0. The number of carbonyl (C=O) groups excluding carboxylic acids is 3. The lowest BCUT2D eigenvalue weighted by Crippen LogP contribution is -2.31. The second-order valence-electron chi connectivity index (χ2n) is 8.87. The first-order valence-electron chi connectivity index (χ1n) is 11.3. The Labute approximate surface area is 204 Å². The van der Waals surface area contributed by atoms with Crippen molar-refractivity contribution in [1.82, 2.24) is 0 Å². The van der Waals surface area contributed by atoms with Crippen LogP contribution in [-0.4, -0.2) is 50.3 Å². The van der Waals surface area contributed by atoms with Crippen LogP contribution in [0, 0.1) is 22.7 Å². The second kappa shape index (κ2) is 9.90. The molecule has 2 aliphatic rings. The SMILES string of the molecule is COC(=O)C1(C(=O)O)C(C)C1c1ccccc1.COC(=O)C1(C(=O)OC)C(C)C1c1ccccc1. The van der Waals surface area contributed by atoms with Crippen molar-refractivity contribution in [2.45, 2.75) is 25.7 Å². The van der Waals surface area contributed by atoms with E-state index in [-0.39, 0.29) is 23.7 Å². The predicted molar refractivity (Wildman–Crippen MR) is 125 cm³/mol. The van der Waals surface area contributed by atoms with Gasteiger partial charge >= 0.3 is 23.9 Å². The van der Waals surface area contributed by atoms with Crippen molar-refractivity contribution in [3.63, 3.8) is 0 Å². The van der Waals surface area contributed by atoms with Crippen LogP contribution in [-0.2, 0) is 33.4 Å². The standard InChI is InChI=1S/C14H16O4.C13H14O4/c1-9-11(10-7-5-4-6-8-10)14(9,12(15)17-2)13(16)18-3;1-8-10(9-6-4-3-5-7-9)13(8,11(14)15)12(16)17-2/h4-9,11H,1-3H3;3-8,10H,1-2H3,(H,14,15). The molecule has 35 heavy (non-hydrogen) atoms. The summed E-state index contributed by atoms with van der Waals surface area (Å²) in [6.45, 7) is 3.63. The maximum Gasteiger partial charge on any atom is 0.324 e. The first-order valence-corrected chi connectivity index (χ1v) is 11.3. The number of carboxylic acid groups (broad SMARTS) is 1. The Hall–Kier alpha value is -3.68. The minimum absolute atomic E-state index is 0.111. The van der Waals surface area contributed by atoms with E-state index in [1.165, 1.54) is 21.3 Å². The number of ether oxygens (including phenoxy) is 3. The zero-order valence-corrected chi connectivity index (χ0v) is 20.4. The third kappa shape index (κ3) is 3.96. The molecule has 2 aromatic carbocycles. The quantitative estimate of drug-likeness (QED) is 0.378. The Kier molecular flexibility index (Phi) is 7.33. The number of hydrogen-bond donors (Lipinski definition) is 1. The van der Waals surface area contributed by atoms with Crippen molar-refractivity contribution in [2.75, 3.05) is 21.3 Å². The molecule has 4 rings (SSSR count). The van der Waals surface area contributed by atoms with Gasteiger partial charge in [0.2, 0.25) is 0 Å². The molecule has 2 fully saturated rings. The van der Waals surface area contributed by atoms with Crippen LogP contribution in [0.15, 0.2) is 60.7 Å². The third-order valence-electron chi connectivity index (χ3n) is 7.44. The highest BCUT2D eigenvalue weighted by molar-refractivity contribution is 6.06. The molecule has 2 aliphatic carbocycles. The lowest BCUT2D eigenvalue weighted by molar-refractivity contribution is -0.163. The Morgan fingerprint density at radius 2 is 0.943 bits per heavy atom. The molecule has 0 saturated heterocycles. The molecule has 0 spiro atoms. The molecular weight excluding hydrogens is 452 g/mol. The van der Waals surface area contributed by atoms with E-state index < -0.39 is 34.7 Å². The van der Waals surface area contributed by atoms with Crippen LogP contribution in [0.25, 0.3) is 0 Å². The van der Waals surface area contributed by atoms with Crippen LogP contribution in [0.5, 0.6) is 0 Å². The molecule has 8 nitrogen and oxygen atoms in total. The highest BCUT2D eigenvalue weighted by atomic mass is 16.5. The number of carbonyl (C=O) groups is 4. The highest BCUT2D eigenvalue weighted by Gasteiger charge is 2.75. The highest BCUT2D eigenvalue weighted by Crippen LogP contribution is 2.66. The van der Waals surface area contributed by atoms with Gasteiger partial charge in [-0.05, 0) is 23.0 Å². The van der Waals surface area contributed by atoms with Crippen LogP contribution >= 0.6 is 0 Å². The van der Waals surface area contributed by atoms with Crippen LogP contribution in [0.2, 0.25) is 0 Å². The monoisotopic (exact) mass is 482 g/mol. The van der Waals surface area contributed by atoms with Gasteiger partial charge in [0.15, 0.2) is 10.8 Å². The molecule has 0 aromatic heterocycles. The number of aliphatic carboxylic acids is 1. The summed E-state index contributed by atoms with van der Waals surface area (Å²) in [4.78, 5) is 47.0. The van der Waals surface area contributed by atoms with Gasteiger partial charge in [0, 0.05) is 11.8 Å². The van der Waals surface area contributed by atoms with Crippen molar-refractivity contribution in [3.05, 3.63) is 71.8 Å². The number of methoxy groups -OCH3 is 3. The van der Waals surface area contributed by atoms with Gasteiger partial charge in [-0.15, -0.1) is 0 Å². The molecule has 0 amide bonds. The number of benzene rings is 2. The minimum Gasteiger partial charge on any atom is -0.480 e. The fourth-order valence-corrected chi connectivity index (χ4v) is 5.49. The molecular formula is C27H30O8. The minimum atomic E-state index is -1.41. The maximum absolute atomic E-state index is 12.0. The van der Waals surface area contributed by atoms with Crippen LogP contribution in [0.1, 0.15) is 36.8 Å². The van der Waals surface area contributed by atoms with E-state index in [1.807, 2.05) is 67.6 Å². The Bertz CT molecular complexity index is 1080. The summed E-state index contributed by atoms with van der Waals surface area (Å²) in [6, 6.07) is 18.7. The van der Waals surface area contributed by atoms with E-state index >= 15 is 0 Å². The van der Waals surface area contributed by atoms with Gasteiger partial charge in [-0.25, -0.2) is 0 Å². The molecule has 186 valence electrons. The average molecular weight is 483 g/mol. The number of hydrogen-bond acceptors (Lipinski definition) is 7. The van der Waals surface area contributed by atoms with Crippen molar-refractivity contribution in [1.29, 1.82) is 0 Å². The normalized spacial score (nSPS) is 27.3. The molecule has 0 aliphatic heterocycles. The molecule has 5 atom stereocenters. The lowest BCUT2D eigenvalue weighted by atomic mass is 9.99. The van der Waals surface area contributed by atoms with E-state index in [1.54, 1.807) is 6.92 Å². The van der Waals surface area contributed by atoms with Gasteiger partial charge in [0.1, 0.15) is 0 Å². The van der Waals surface area contributed by atoms with E-state index in [4.69, 9.17) is 9.47 Å². The van der Waals surface area contributed by atoms with Gasteiger partial charge in [-0.3, -0.25) is 19.2 Å². The summed E-state index contributed by atoms with van der Waals surface area (Å²) >= 11 is 0. The fraction of sp³-hybridized carbons (Fsp3) is 0.407. The predicted octanol–water partition coefficient (Wildman–Crippen LogP) is 3.42. The molecule has 8 heteroatoms. The number of carboxylic acids is 1. The fourth-order valence-electron chi connectivity index (χ4n) is 5.49. The van der Waals surface area contributed by atoms with E-state index in [0.717, 1.165) is 11.1 Å². The summed E-state index contributed by atoms with van der Waals surface area (Å²) in [5, 5.41) is 9.31. The first kappa shape index (κ1) is 25.9. The van der Waals surface area contributed by atoms with Gasteiger partial charge in [-0.2, -0.15) is 0 Å². The van der Waals surface area contributed by atoms with Crippen LogP contribution < -0.4 is 0 Å². The van der Waals surface area contributed by atoms with E-state index in [2.05, 4.69) is 4.74 Å². The van der Waals surface area contributed by atoms with Gasteiger partial charge < -0.3 is 19.3 Å². The molecule has 2 saturated carbocycles. The van der Waals surface area contributed by atoms with Gasteiger partial charge in [0.05, 0.1) is 21.3 Å².